The number of benzene rings is 2. The van der Waals surface area contributed by atoms with Gasteiger partial charge in [-0.3, -0.25) is 0 Å². The molecule has 0 spiro atoms. The van der Waals surface area contributed by atoms with Crippen molar-refractivity contribution in [1.82, 2.24) is 9.88 Å². The van der Waals surface area contributed by atoms with Crippen LogP contribution in [0.1, 0.15) is 98.4 Å². The standard InChI is InChI=1S/C39H47FN2O5/c1-7-27(8-2)13-14-28-15-17-29(18-16-28)26-46-36-22-19-31(40)25-30(36)23-24-42(38(44)47-39(4,5)6)35-12-10-11-33-32(35)20-21-34(41-33)37(43)45-9-3/h7-8,15-22,25,35H,1,9-14,23-24,26H2,2-6H3/b27-8+. The number of hydrogen-bond acceptors (Lipinski definition) is 6. The molecule has 8 heteroatoms. The molecule has 0 aliphatic heterocycles. The lowest BCUT2D eigenvalue weighted by molar-refractivity contribution is 0.0140. The van der Waals surface area contributed by atoms with E-state index in [4.69, 9.17) is 14.2 Å². The van der Waals surface area contributed by atoms with Crippen LogP contribution in [0, 0.1) is 5.82 Å². The van der Waals surface area contributed by atoms with Gasteiger partial charge in [0.15, 0.2) is 0 Å². The van der Waals surface area contributed by atoms with E-state index < -0.39 is 17.7 Å². The van der Waals surface area contributed by atoms with Crippen molar-refractivity contribution in [2.45, 2.75) is 91.4 Å². The summed E-state index contributed by atoms with van der Waals surface area (Å²) in [5.74, 6) is -0.283. The first-order valence-corrected chi connectivity index (χ1v) is 16.4. The highest BCUT2D eigenvalue weighted by molar-refractivity contribution is 5.87. The zero-order chi connectivity index (χ0) is 34.0. The fraction of sp³-hybridized carbons (Fsp3) is 0.410. The molecule has 0 N–H and O–H groups in total. The third-order valence-electron chi connectivity index (χ3n) is 8.15. The summed E-state index contributed by atoms with van der Waals surface area (Å²) in [7, 11) is 0. The van der Waals surface area contributed by atoms with E-state index >= 15 is 0 Å². The first kappa shape index (κ1) is 35.4. The van der Waals surface area contributed by atoms with Crippen LogP contribution in [-0.2, 0) is 35.3 Å². The van der Waals surface area contributed by atoms with Gasteiger partial charge in [-0.25, -0.2) is 19.0 Å². The van der Waals surface area contributed by atoms with Crippen LogP contribution in [-0.4, -0.2) is 40.7 Å². The molecular formula is C39H47FN2O5. The van der Waals surface area contributed by atoms with Crippen molar-refractivity contribution < 1.29 is 28.2 Å². The second-order valence-electron chi connectivity index (χ2n) is 12.7. The Morgan fingerprint density at radius 2 is 1.81 bits per heavy atom. The van der Waals surface area contributed by atoms with Gasteiger partial charge in [0.2, 0.25) is 0 Å². The van der Waals surface area contributed by atoms with E-state index in [1.54, 1.807) is 24.0 Å². The van der Waals surface area contributed by atoms with Gasteiger partial charge < -0.3 is 19.1 Å². The van der Waals surface area contributed by atoms with E-state index in [0.29, 0.717) is 37.2 Å². The van der Waals surface area contributed by atoms with E-state index in [9.17, 15) is 14.0 Å². The number of pyridine rings is 1. The van der Waals surface area contributed by atoms with E-state index in [0.717, 1.165) is 36.1 Å². The predicted molar refractivity (Wildman–Crippen MR) is 182 cm³/mol. The molecule has 47 heavy (non-hydrogen) atoms. The Balaban J connectivity index is 1.51. The number of aryl methyl sites for hydroxylation is 2. The minimum absolute atomic E-state index is 0.252. The quantitative estimate of drug-likeness (QED) is 0.137. The van der Waals surface area contributed by atoms with Crippen molar-refractivity contribution in [3.05, 3.63) is 118 Å². The van der Waals surface area contributed by atoms with Gasteiger partial charge in [-0.1, -0.05) is 54.6 Å². The zero-order valence-electron chi connectivity index (χ0n) is 28.3. The Bertz CT molecular complexity index is 1580. The topological polar surface area (TPSA) is 78.0 Å². The van der Waals surface area contributed by atoms with Crippen LogP contribution < -0.4 is 4.74 Å². The SMILES string of the molecule is C=C/C(=C\C)CCc1ccc(COc2ccc(F)cc2CCN(C(=O)OC(C)(C)C)C2CCCc3nc(C(=O)OCC)ccc32)cc1. The summed E-state index contributed by atoms with van der Waals surface area (Å²) < 4.78 is 31.7. The minimum Gasteiger partial charge on any atom is -0.489 e. The number of fused-ring (bicyclic) bond motifs is 1. The van der Waals surface area contributed by atoms with Crippen LogP contribution in [0.3, 0.4) is 0 Å². The number of esters is 1. The number of hydrogen-bond donors (Lipinski definition) is 0. The largest absolute Gasteiger partial charge is 0.489 e. The van der Waals surface area contributed by atoms with Crippen molar-refractivity contribution in [3.8, 4) is 5.75 Å². The van der Waals surface area contributed by atoms with Gasteiger partial charge in [-0.05, 0) is 120 Å². The lowest BCUT2D eigenvalue weighted by atomic mass is 9.89. The normalized spacial score (nSPS) is 14.6. The van der Waals surface area contributed by atoms with Crippen LogP contribution in [0.2, 0.25) is 0 Å². The third-order valence-corrected chi connectivity index (χ3v) is 8.15. The molecule has 7 nitrogen and oxygen atoms in total. The average Bonchev–Trinajstić information content (AvgIpc) is 3.04. The molecule has 0 fully saturated rings. The number of aromatic nitrogens is 1. The molecule has 0 bridgehead atoms. The monoisotopic (exact) mass is 642 g/mol. The number of amides is 1. The number of ether oxygens (including phenoxy) is 3. The molecule has 0 saturated carbocycles. The fourth-order valence-corrected chi connectivity index (χ4v) is 5.71. The number of carbonyl (C=O) groups excluding carboxylic acids is 2. The van der Waals surface area contributed by atoms with Crippen molar-refractivity contribution >= 4 is 12.1 Å². The molecule has 2 aromatic carbocycles. The number of carbonyl (C=O) groups is 2. The Morgan fingerprint density at radius 1 is 1.06 bits per heavy atom. The summed E-state index contributed by atoms with van der Waals surface area (Å²) in [5, 5.41) is 0. The lowest BCUT2D eigenvalue weighted by Gasteiger charge is -2.36. The van der Waals surface area contributed by atoms with Crippen LogP contribution in [0.25, 0.3) is 0 Å². The van der Waals surface area contributed by atoms with E-state index in [1.807, 2.05) is 52.0 Å². The third kappa shape index (κ3) is 10.0. The van der Waals surface area contributed by atoms with Crippen LogP contribution in [0.4, 0.5) is 9.18 Å². The zero-order valence-corrected chi connectivity index (χ0v) is 28.3. The summed E-state index contributed by atoms with van der Waals surface area (Å²) in [6.45, 7) is 14.0. The highest BCUT2D eigenvalue weighted by atomic mass is 19.1. The Morgan fingerprint density at radius 3 is 2.49 bits per heavy atom. The lowest BCUT2D eigenvalue weighted by Crippen LogP contribution is -2.41. The Kier molecular flexibility index (Phi) is 12.3. The van der Waals surface area contributed by atoms with Gasteiger partial charge in [0.05, 0.1) is 12.6 Å². The summed E-state index contributed by atoms with van der Waals surface area (Å²) >= 11 is 0. The molecular weight excluding hydrogens is 595 g/mol. The molecule has 1 aromatic heterocycles. The van der Waals surface area contributed by atoms with Crippen LogP contribution >= 0.6 is 0 Å². The second kappa shape index (κ2) is 16.4. The van der Waals surface area contributed by atoms with Crippen molar-refractivity contribution in [2.24, 2.45) is 0 Å². The van der Waals surface area contributed by atoms with Gasteiger partial charge in [0, 0.05) is 12.2 Å². The van der Waals surface area contributed by atoms with Gasteiger partial charge in [-0.2, -0.15) is 0 Å². The van der Waals surface area contributed by atoms with E-state index in [1.165, 1.54) is 23.3 Å². The highest BCUT2D eigenvalue weighted by Gasteiger charge is 2.33. The van der Waals surface area contributed by atoms with E-state index in [2.05, 4.69) is 29.8 Å². The molecule has 250 valence electrons. The maximum absolute atomic E-state index is 14.5. The number of halogens is 1. The number of rotatable bonds is 13. The van der Waals surface area contributed by atoms with Gasteiger partial charge >= 0.3 is 12.1 Å². The summed E-state index contributed by atoms with van der Waals surface area (Å²) in [6.07, 6.45) is 7.91. The minimum atomic E-state index is -0.706. The Labute approximate surface area is 278 Å². The average molecular weight is 643 g/mol. The maximum Gasteiger partial charge on any atom is 0.410 e. The molecule has 0 radical (unpaired) electrons. The number of allylic oxidation sites excluding steroid dienone is 3. The van der Waals surface area contributed by atoms with Crippen molar-refractivity contribution in [2.75, 3.05) is 13.2 Å². The van der Waals surface area contributed by atoms with Gasteiger partial charge in [0.25, 0.3) is 0 Å². The van der Waals surface area contributed by atoms with Crippen molar-refractivity contribution in [1.29, 1.82) is 0 Å². The summed E-state index contributed by atoms with van der Waals surface area (Å²) in [6, 6.07) is 16.0. The van der Waals surface area contributed by atoms with Crippen LogP contribution in [0.15, 0.2) is 78.9 Å². The molecule has 1 heterocycles. The van der Waals surface area contributed by atoms with Crippen LogP contribution in [0.5, 0.6) is 5.75 Å². The first-order valence-electron chi connectivity index (χ1n) is 16.4. The molecule has 1 aliphatic carbocycles. The summed E-state index contributed by atoms with van der Waals surface area (Å²) in [4.78, 5) is 32.3. The Hall–Kier alpha value is -4.46. The summed E-state index contributed by atoms with van der Waals surface area (Å²) in [5.41, 5.74) is 5.30. The molecule has 1 unspecified atom stereocenters. The smallest absolute Gasteiger partial charge is 0.410 e. The molecule has 1 aliphatic rings. The van der Waals surface area contributed by atoms with Gasteiger partial charge in [0.1, 0.15) is 29.5 Å². The first-order chi connectivity index (χ1) is 22.5. The van der Waals surface area contributed by atoms with Crippen molar-refractivity contribution in [3.63, 3.8) is 0 Å². The molecule has 0 saturated heterocycles. The molecule has 3 aromatic rings. The maximum atomic E-state index is 14.5. The van der Waals surface area contributed by atoms with E-state index in [-0.39, 0.29) is 30.7 Å². The number of nitrogens with zero attached hydrogens (tertiary/aromatic N) is 2. The molecule has 1 amide bonds. The fourth-order valence-electron chi connectivity index (χ4n) is 5.71. The van der Waals surface area contributed by atoms with Gasteiger partial charge in [-0.15, -0.1) is 0 Å². The molecule has 1 atom stereocenters. The second-order valence-corrected chi connectivity index (χ2v) is 12.7. The predicted octanol–water partition coefficient (Wildman–Crippen LogP) is 8.90. The highest BCUT2D eigenvalue weighted by Crippen LogP contribution is 2.35. The molecule has 4 rings (SSSR count).